The van der Waals surface area contributed by atoms with Crippen molar-refractivity contribution in [1.29, 1.82) is 5.26 Å². The summed E-state index contributed by atoms with van der Waals surface area (Å²) in [6, 6.07) is 8.14. The Morgan fingerprint density at radius 3 is 2.14 bits per heavy atom. The highest BCUT2D eigenvalue weighted by molar-refractivity contribution is 6.62. The molecule has 156 valence electrons. The summed E-state index contributed by atoms with van der Waals surface area (Å²) in [5, 5.41) is 13.9. The second-order valence-electron chi connectivity index (χ2n) is 8.74. The van der Waals surface area contributed by atoms with Gasteiger partial charge in [0.1, 0.15) is 12.6 Å². The zero-order valence-corrected chi connectivity index (χ0v) is 18.0. The van der Waals surface area contributed by atoms with Gasteiger partial charge in [0.15, 0.2) is 0 Å². The third-order valence-corrected chi connectivity index (χ3v) is 5.37. The Kier molecular flexibility index (Phi) is 7.09. The quantitative estimate of drug-likeness (QED) is 0.538. The van der Waals surface area contributed by atoms with Crippen molar-refractivity contribution in [2.75, 3.05) is 6.54 Å². The van der Waals surface area contributed by atoms with Crippen LogP contribution in [0, 0.1) is 17.2 Å². The first kappa shape index (κ1) is 22.9. The molecule has 0 bridgehead atoms. The van der Waals surface area contributed by atoms with E-state index in [2.05, 4.69) is 10.6 Å². The summed E-state index contributed by atoms with van der Waals surface area (Å²) in [4.78, 5) is 24.9. The molecule has 2 amide bonds. The second kappa shape index (κ2) is 8.97. The van der Waals surface area contributed by atoms with Crippen molar-refractivity contribution in [2.24, 2.45) is 5.92 Å². The molecule has 1 aromatic rings. The fourth-order valence-corrected chi connectivity index (χ4v) is 2.97. The Morgan fingerprint density at radius 2 is 1.66 bits per heavy atom. The highest BCUT2D eigenvalue weighted by atomic mass is 16.7. The van der Waals surface area contributed by atoms with Crippen molar-refractivity contribution < 1.29 is 18.9 Å². The summed E-state index contributed by atoms with van der Waals surface area (Å²) in [7, 11) is -0.498. The molecule has 1 aromatic carbocycles. The number of benzene rings is 1. The molecule has 0 aromatic heterocycles. The molecular formula is C21H30BN3O4. The van der Waals surface area contributed by atoms with Crippen LogP contribution in [0.2, 0.25) is 0 Å². The predicted octanol–water partition coefficient (Wildman–Crippen LogP) is 1.77. The minimum Gasteiger partial charge on any atom is -0.399 e. The van der Waals surface area contributed by atoms with Gasteiger partial charge in [-0.3, -0.25) is 9.59 Å². The van der Waals surface area contributed by atoms with Gasteiger partial charge in [-0.1, -0.05) is 26.0 Å². The van der Waals surface area contributed by atoms with Gasteiger partial charge in [0.05, 0.1) is 17.3 Å². The molecule has 7 nitrogen and oxygen atoms in total. The lowest BCUT2D eigenvalue weighted by Crippen LogP contribution is -2.47. The maximum absolute atomic E-state index is 12.6. The van der Waals surface area contributed by atoms with Gasteiger partial charge in [-0.15, -0.1) is 0 Å². The van der Waals surface area contributed by atoms with Crippen molar-refractivity contribution in [2.45, 2.75) is 65.2 Å². The van der Waals surface area contributed by atoms with Crippen LogP contribution in [0.4, 0.5) is 0 Å². The summed E-state index contributed by atoms with van der Waals surface area (Å²) in [5.74, 6) is -0.496. The number of nitrogens with one attached hydrogen (secondary N) is 2. The van der Waals surface area contributed by atoms with Crippen LogP contribution in [0.3, 0.4) is 0 Å². The fourth-order valence-electron chi connectivity index (χ4n) is 2.97. The van der Waals surface area contributed by atoms with Crippen LogP contribution < -0.4 is 16.1 Å². The van der Waals surface area contributed by atoms with Crippen molar-refractivity contribution in [3.8, 4) is 6.07 Å². The Hall–Kier alpha value is -2.37. The standard InChI is InChI=1S/C21H30BN3O4/c1-14(2)13-17(19(27)24-12-11-23)25-18(26)15-7-9-16(10-8-15)22-28-20(3,4)21(5,6)29-22/h7-10,14,17H,12-13H2,1-6H3,(H,24,27)(H,25,26)/t17-/m0/s1. The fraction of sp³-hybridized carbons (Fsp3) is 0.571. The summed E-state index contributed by atoms with van der Waals surface area (Å²) < 4.78 is 12.1. The average Bonchev–Trinajstić information content (AvgIpc) is 2.86. The first-order chi connectivity index (χ1) is 13.5. The highest BCUT2D eigenvalue weighted by Crippen LogP contribution is 2.36. The number of hydrogen-bond donors (Lipinski definition) is 2. The van der Waals surface area contributed by atoms with Gasteiger partial charge in [-0.25, -0.2) is 0 Å². The SMILES string of the molecule is CC(C)C[C@H](NC(=O)c1ccc(B2OC(C)(C)C(C)(C)O2)cc1)C(=O)NCC#N. The highest BCUT2D eigenvalue weighted by Gasteiger charge is 2.51. The molecule has 1 atom stereocenters. The summed E-state index contributed by atoms with van der Waals surface area (Å²) in [5.41, 5.74) is 0.390. The molecule has 29 heavy (non-hydrogen) atoms. The van der Waals surface area contributed by atoms with Crippen LogP contribution in [-0.2, 0) is 14.1 Å². The molecule has 1 saturated heterocycles. The minimum absolute atomic E-state index is 0.0912. The molecule has 1 heterocycles. The Labute approximate surface area is 173 Å². The van der Waals surface area contributed by atoms with E-state index in [1.807, 2.05) is 47.6 Å². The Balaban J connectivity index is 2.07. The molecule has 0 unspecified atom stereocenters. The maximum atomic E-state index is 12.6. The number of carbonyl (C=O) groups is 2. The number of nitriles is 1. The van der Waals surface area contributed by atoms with Crippen molar-refractivity contribution in [3.05, 3.63) is 29.8 Å². The van der Waals surface area contributed by atoms with Crippen LogP contribution >= 0.6 is 0 Å². The average molecular weight is 399 g/mol. The van der Waals surface area contributed by atoms with Gasteiger partial charge < -0.3 is 19.9 Å². The number of rotatable bonds is 7. The van der Waals surface area contributed by atoms with Crippen LogP contribution in [0.15, 0.2) is 24.3 Å². The lowest BCUT2D eigenvalue weighted by molar-refractivity contribution is -0.123. The number of amides is 2. The second-order valence-corrected chi connectivity index (χ2v) is 8.74. The van der Waals surface area contributed by atoms with E-state index in [0.29, 0.717) is 12.0 Å². The van der Waals surface area contributed by atoms with Crippen molar-refractivity contribution in [1.82, 2.24) is 10.6 Å². The Bertz CT molecular complexity index is 768. The number of nitrogens with zero attached hydrogens (tertiary/aromatic N) is 1. The van der Waals surface area contributed by atoms with Crippen molar-refractivity contribution in [3.63, 3.8) is 0 Å². The molecule has 8 heteroatoms. The molecule has 0 radical (unpaired) electrons. The molecule has 0 aliphatic carbocycles. The zero-order chi connectivity index (χ0) is 21.8. The topological polar surface area (TPSA) is 100 Å². The lowest BCUT2D eigenvalue weighted by atomic mass is 9.79. The first-order valence-electron chi connectivity index (χ1n) is 9.88. The monoisotopic (exact) mass is 399 g/mol. The largest absolute Gasteiger partial charge is 0.494 e. The van der Waals surface area contributed by atoms with Crippen LogP contribution in [-0.4, -0.2) is 42.7 Å². The van der Waals surface area contributed by atoms with Crippen LogP contribution in [0.25, 0.3) is 0 Å². The Morgan fingerprint density at radius 1 is 1.10 bits per heavy atom. The van der Waals surface area contributed by atoms with E-state index in [-0.39, 0.29) is 24.3 Å². The zero-order valence-electron chi connectivity index (χ0n) is 18.0. The summed E-state index contributed by atoms with van der Waals surface area (Å²) in [6.07, 6.45) is 0.481. The van der Waals surface area contributed by atoms with Gasteiger partial charge in [-0.2, -0.15) is 5.26 Å². The van der Waals surface area contributed by atoms with E-state index in [1.165, 1.54) is 0 Å². The van der Waals surface area contributed by atoms with Crippen LogP contribution in [0.5, 0.6) is 0 Å². The van der Waals surface area contributed by atoms with Gasteiger partial charge in [0.2, 0.25) is 5.91 Å². The van der Waals surface area contributed by atoms with E-state index in [4.69, 9.17) is 14.6 Å². The maximum Gasteiger partial charge on any atom is 0.494 e. The predicted molar refractivity (Wildman–Crippen MR) is 111 cm³/mol. The van der Waals surface area contributed by atoms with Gasteiger partial charge in [0, 0.05) is 5.56 Å². The van der Waals surface area contributed by atoms with Crippen molar-refractivity contribution >= 4 is 24.4 Å². The van der Waals surface area contributed by atoms with Crippen LogP contribution in [0.1, 0.15) is 58.3 Å². The molecular weight excluding hydrogens is 369 g/mol. The van der Waals surface area contributed by atoms with E-state index in [1.54, 1.807) is 24.3 Å². The number of hydrogen-bond acceptors (Lipinski definition) is 5. The third-order valence-electron chi connectivity index (χ3n) is 5.37. The van der Waals surface area contributed by atoms with E-state index in [0.717, 1.165) is 5.46 Å². The summed E-state index contributed by atoms with van der Waals surface area (Å²) >= 11 is 0. The molecule has 1 fully saturated rings. The summed E-state index contributed by atoms with van der Waals surface area (Å²) in [6.45, 7) is 11.8. The number of carbonyl (C=O) groups excluding carboxylic acids is 2. The smallest absolute Gasteiger partial charge is 0.399 e. The third kappa shape index (κ3) is 5.59. The van der Waals surface area contributed by atoms with E-state index >= 15 is 0 Å². The van der Waals surface area contributed by atoms with Gasteiger partial charge >= 0.3 is 7.12 Å². The van der Waals surface area contributed by atoms with Gasteiger partial charge in [0.25, 0.3) is 5.91 Å². The molecule has 1 aliphatic rings. The molecule has 0 saturated carbocycles. The minimum atomic E-state index is -0.696. The lowest BCUT2D eigenvalue weighted by Gasteiger charge is -2.32. The van der Waals surface area contributed by atoms with E-state index in [9.17, 15) is 9.59 Å². The molecule has 2 N–H and O–H groups in total. The first-order valence-corrected chi connectivity index (χ1v) is 9.88. The molecule has 1 aliphatic heterocycles. The molecule has 2 rings (SSSR count). The van der Waals surface area contributed by atoms with E-state index < -0.39 is 24.4 Å². The normalized spacial score (nSPS) is 18.2. The molecule has 0 spiro atoms. The van der Waals surface area contributed by atoms with Gasteiger partial charge in [-0.05, 0) is 57.6 Å².